The lowest BCUT2D eigenvalue weighted by Gasteiger charge is -2.06. The van der Waals surface area contributed by atoms with Crippen LogP contribution < -0.4 is 0 Å². The van der Waals surface area contributed by atoms with Crippen molar-refractivity contribution in [3.05, 3.63) is 12.2 Å². The van der Waals surface area contributed by atoms with E-state index in [2.05, 4.69) is 26.0 Å². The van der Waals surface area contributed by atoms with Crippen molar-refractivity contribution in [2.75, 3.05) is 0 Å². The maximum absolute atomic E-state index is 2.39. The summed E-state index contributed by atoms with van der Waals surface area (Å²) in [6.45, 7) is 4.59. The molecular weight excluding hydrogens is 144 g/mol. The highest BCUT2D eigenvalue weighted by atomic mass is 14.3. The summed E-state index contributed by atoms with van der Waals surface area (Å²) >= 11 is 0. The first kappa shape index (κ1) is 9.83. The van der Waals surface area contributed by atoms with Crippen molar-refractivity contribution in [3.8, 4) is 0 Å². The fourth-order valence-electron chi connectivity index (χ4n) is 2.20. The molecule has 1 saturated carbocycles. The number of hydrogen-bond acceptors (Lipinski definition) is 0. The zero-order chi connectivity index (χ0) is 8.81. The second-order valence-electron chi connectivity index (χ2n) is 4.24. The third-order valence-corrected chi connectivity index (χ3v) is 2.95. The van der Waals surface area contributed by atoms with Gasteiger partial charge in [-0.05, 0) is 37.5 Å². The van der Waals surface area contributed by atoms with Crippen molar-refractivity contribution in [1.82, 2.24) is 0 Å². The summed E-state index contributed by atoms with van der Waals surface area (Å²) < 4.78 is 0. The third-order valence-electron chi connectivity index (χ3n) is 2.95. The SMILES string of the molecule is CC/C=C\CCC1CCC(C)C1. The minimum absolute atomic E-state index is 1.00. The van der Waals surface area contributed by atoms with E-state index in [4.69, 9.17) is 0 Å². The maximum atomic E-state index is 2.39. The lowest BCUT2D eigenvalue weighted by Crippen LogP contribution is -1.92. The molecule has 0 N–H and O–H groups in total. The average molecular weight is 166 g/mol. The minimum atomic E-state index is 1.00. The smallest absolute Gasteiger partial charge is 0.0348 e. The molecular formula is C12H22. The molecule has 2 unspecified atom stereocenters. The van der Waals surface area contributed by atoms with Crippen LogP contribution in [0.2, 0.25) is 0 Å². The molecule has 1 fully saturated rings. The number of rotatable bonds is 4. The van der Waals surface area contributed by atoms with Gasteiger partial charge in [-0.3, -0.25) is 0 Å². The molecule has 0 aromatic heterocycles. The molecule has 2 atom stereocenters. The van der Waals surface area contributed by atoms with Crippen LogP contribution in [0.15, 0.2) is 12.2 Å². The van der Waals surface area contributed by atoms with Gasteiger partial charge in [0.2, 0.25) is 0 Å². The van der Waals surface area contributed by atoms with Crippen molar-refractivity contribution in [3.63, 3.8) is 0 Å². The van der Waals surface area contributed by atoms with Gasteiger partial charge in [-0.15, -0.1) is 0 Å². The second-order valence-corrected chi connectivity index (χ2v) is 4.24. The van der Waals surface area contributed by atoms with Crippen LogP contribution >= 0.6 is 0 Å². The Morgan fingerprint density at radius 2 is 2.08 bits per heavy atom. The van der Waals surface area contributed by atoms with Crippen LogP contribution in [0.4, 0.5) is 0 Å². The van der Waals surface area contributed by atoms with Crippen molar-refractivity contribution in [2.24, 2.45) is 11.8 Å². The summed E-state index contributed by atoms with van der Waals surface area (Å²) in [5, 5.41) is 0. The van der Waals surface area contributed by atoms with E-state index >= 15 is 0 Å². The predicted octanol–water partition coefficient (Wildman–Crippen LogP) is 4.17. The van der Waals surface area contributed by atoms with Gasteiger partial charge in [-0.2, -0.15) is 0 Å². The van der Waals surface area contributed by atoms with Crippen molar-refractivity contribution < 1.29 is 0 Å². The Labute approximate surface area is 77.1 Å². The highest BCUT2D eigenvalue weighted by Crippen LogP contribution is 2.33. The Bertz CT molecular complexity index is 135. The predicted molar refractivity (Wildman–Crippen MR) is 55.2 cm³/mol. The van der Waals surface area contributed by atoms with Gasteiger partial charge in [0.25, 0.3) is 0 Å². The summed E-state index contributed by atoms with van der Waals surface area (Å²) in [5.74, 6) is 2.05. The molecule has 0 bridgehead atoms. The van der Waals surface area contributed by atoms with Gasteiger partial charge in [0.15, 0.2) is 0 Å². The molecule has 0 aliphatic heterocycles. The van der Waals surface area contributed by atoms with Gasteiger partial charge in [0.1, 0.15) is 0 Å². The molecule has 0 aromatic rings. The lowest BCUT2D eigenvalue weighted by molar-refractivity contribution is 0.484. The van der Waals surface area contributed by atoms with E-state index < -0.39 is 0 Å². The zero-order valence-corrected chi connectivity index (χ0v) is 8.55. The van der Waals surface area contributed by atoms with Crippen LogP contribution in [0.1, 0.15) is 52.4 Å². The topological polar surface area (TPSA) is 0 Å². The van der Waals surface area contributed by atoms with Crippen LogP contribution in [-0.4, -0.2) is 0 Å². The van der Waals surface area contributed by atoms with Crippen LogP contribution in [0, 0.1) is 11.8 Å². The molecule has 1 aliphatic rings. The highest BCUT2D eigenvalue weighted by molar-refractivity contribution is 4.82. The molecule has 12 heavy (non-hydrogen) atoms. The monoisotopic (exact) mass is 166 g/mol. The van der Waals surface area contributed by atoms with Crippen LogP contribution in [0.3, 0.4) is 0 Å². The van der Waals surface area contributed by atoms with Gasteiger partial charge in [-0.25, -0.2) is 0 Å². The first-order valence-corrected chi connectivity index (χ1v) is 5.48. The maximum Gasteiger partial charge on any atom is -0.0348 e. The molecule has 0 saturated heterocycles. The van der Waals surface area contributed by atoms with E-state index in [1.165, 1.54) is 38.5 Å². The molecule has 0 heteroatoms. The van der Waals surface area contributed by atoms with E-state index in [1.807, 2.05) is 0 Å². The molecule has 0 aromatic carbocycles. The van der Waals surface area contributed by atoms with Gasteiger partial charge in [-0.1, -0.05) is 38.8 Å². The standard InChI is InChI=1S/C12H22/c1-3-4-5-6-7-12-9-8-11(2)10-12/h4-5,11-12H,3,6-10H2,1-2H3/b5-4-. The molecule has 1 rings (SSSR count). The van der Waals surface area contributed by atoms with Gasteiger partial charge in [0, 0.05) is 0 Å². The fraction of sp³-hybridized carbons (Fsp3) is 0.833. The molecule has 0 spiro atoms. The van der Waals surface area contributed by atoms with Gasteiger partial charge in [0.05, 0.1) is 0 Å². The number of hydrogen-bond donors (Lipinski definition) is 0. The Hall–Kier alpha value is -0.260. The summed E-state index contributed by atoms with van der Waals surface area (Å²) in [4.78, 5) is 0. The van der Waals surface area contributed by atoms with Crippen LogP contribution in [0.5, 0.6) is 0 Å². The lowest BCUT2D eigenvalue weighted by atomic mass is 10.0. The largest absolute Gasteiger partial charge is 0.0888 e. The molecule has 0 heterocycles. The summed E-state index contributed by atoms with van der Waals surface area (Å²) in [6, 6.07) is 0. The molecule has 0 radical (unpaired) electrons. The molecule has 0 amide bonds. The van der Waals surface area contributed by atoms with Crippen molar-refractivity contribution in [2.45, 2.75) is 52.4 Å². The number of allylic oxidation sites excluding steroid dienone is 2. The van der Waals surface area contributed by atoms with Crippen LogP contribution in [-0.2, 0) is 0 Å². The Morgan fingerprint density at radius 1 is 1.25 bits per heavy atom. The van der Waals surface area contributed by atoms with Gasteiger partial charge >= 0.3 is 0 Å². The normalized spacial score (nSPS) is 30.2. The Kier molecular flexibility index (Phi) is 4.42. The van der Waals surface area contributed by atoms with Crippen molar-refractivity contribution >= 4 is 0 Å². The van der Waals surface area contributed by atoms with E-state index in [0.717, 1.165) is 11.8 Å². The van der Waals surface area contributed by atoms with Gasteiger partial charge < -0.3 is 0 Å². The van der Waals surface area contributed by atoms with Crippen molar-refractivity contribution in [1.29, 1.82) is 0 Å². The van der Waals surface area contributed by atoms with E-state index in [1.54, 1.807) is 0 Å². The van der Waals surface area contributed by atoms with Crippen LogP contribution in [0.25, 0.3) is 0 Å². The molecule has 0 nitrogen and oxygen atoms in total. The first-order valence-electron chi connectivity index (χ1n) is 5.48. The third kappa shape index (κ3) is 3.42. The Balaban J connectivity index is 2.04. The zero-order valence-electron chi connectivity index (χ0n) is 8.55. The summed E-state index contributed by atoms with van der Waals surface area (Å²) in [6.07, 6.45) is 13.0. The first-order chi connectivity index (χ1) is 5.83. The minimum Gasteiger partial charge on any atom is -0.0888 e. The summed E-state index contributed by atoms with van der Waals surface area (Å²) in [7, 11) is 0. The second kappa shape index (κ2) is 5.40. The molecule has 1 aliphatic carbocycles. The average Bonchev–Trinajstić information content (AvgIpc) is 2.45. The quantitative estimate of drug-likeness (QED) is 0.550. The fourth-order valence-corrected chi connectivity index (χ4v) is 2.20. The highest BCUT2D eigenvalue weighted by Gasteiger charge is 2.19. The van der Waals surface area contributed by atoms with E-state index in [0.29, 0.717) is 0 Å². The Morgan fingerprint density at radius 3 is 2.67 bits per heavy atom. The van der Waals surface area contributed by atoms with E-state index in [9.17, 15) is 0 Å². The molecule has 70 valence electrons. The summed E-state index contributed by atoms with van der Waals surface area (Å²) in [5.41, 5.74) is 0. The van der Waals surface area contributed by atoms with E-state index in [-0.39, 0.29) is 0 Å².